The van der Waals surface area contributed by atoms with Crippen LogP contribution in [0.3, 0.4) is 0 Å². The highest BCUT2D eigenvalue weighted by Gasteiger charge is 2.39. The zero-order chi connectivity index (χ0) is 85.4. The molecule has 0 spiro atoms. The number of furan rings is 8. The van der Waals surface area contributed by atoms with E-state index in [1.54, 1.807) is 0 Å². The Kier molecular flexibility index (Phi) is 20.4. The Morgan fingerprint density at radius 3 is 0.556 bits per heavy atom. The molecule has 0 amide bonds. The summed E-state index contributed by atoms with van der Waals surface area (Å²) in [6.45, 7) is 37.2. The molecule has 0 saturated carbocycles. The lowest BCUT2D eigenvalue weighted by Crippen LogP contribution is -2.22. The van der Waals surface area contributed by atoms with Gasteiger partial charge in [-0.15, -0.1) is 0 Å². The lowest BCUT2D eigenvalue weighted by Gasteiger charge is -2.39. The van der Waals surface area contributed by atoms with Gasteiger partial charge >= 0.3 is 0 Å². The lowest BCUT2D eigenvalue weighted by molar-refractivity contribution is 0.611. The Labute approximate surface area is 724 Å². The first kappa shape index (κ1) is 79.7. The molecule has 0 unspecified atom stereocenters. The summed E-state index contributed by atoms with van der Waals surface area (Å²) in [7, 11) is 0. The fraction of sp³-hybridized carbons (Fsp3) is 0.286. The molecule has 12 aromatic carbocycles. The van der Waals surface area contributed by atoms with E-state index in [0.29, 0.717) is 25.7 Å². The molecule has 20 rings (SSSR count). The molecule has 0 saturated heterocycles. The lowest BCUT2D eigenvalue weighted by atomic mass is 9.86. The maximum Gasteiger partial charge on any atom is 0.139 e. The van der Waals surface area contributed by atoms with Gasteiger partial charge in [0.2, 0.25) is 0 Å². The fourth-order valence-electron chi connectivity index (χ4n) is 22.1. The second-order valence-corrected chi connectivity index (χ2v) is 33.5. The van der Waals surface area contributed by atoms with Crippen molar-refractivity contribution in [3.8, 4) is 0 Å². The molecule has 12 nitrogen and oxygen atoms in total. The number of benzene rings is 12. The molecule has 12 heteroatoms. The monoisotopic (exact) mass is 1640 g/mol. The third kappa shape index (κ3) is 11.8. The van der Waals surface area contributed by atoms with Gasteiger partial charge in [0.25, 0.3) is 0 Å². The Balaban J connectivity index is 1.10. The third-order valence-electron chi connectivity index (χ3n) is 27.7. The van der Waals surface area contributed by atoms with Crippen molar-refractivity contribution < 1.29 is 35.3 Å². The van der Waals surface area contributed by atoms with Crippen LogP contribution in [0.25, 0.3) is 120 Å². The molecule has 0 aliphatic heterocycles. The first-order valence-corrected chi connectivity index (χ1v) is 46.0. The van der Waals surface area contributed by atoms with Crippen LogP contribution in [-0.4, -0.2) is 0 Å². The summed E-state index contributed by atoms with van der Waals surface area (Å²) in [5, 5.41) is 15.4. The number of fused-ring (bicyclic) bond motifs is 8. The molecule has 0 atom stereocenters. The minimum atomic E-state index is 0.692. The van der Waals surface area contributed by atoms with Crippen molar-refractivity contribution >= 4 is 188 Å². The number of rotatable bonds is 28. The van der Waals surface area contributed by atoms with Gasteiger partial charge in [0, 0.05) is 97.7 Å². The van der Waals surface area contributed by atoms with E-state index in [2.05, 4.69) is 264 Å². The molecule has 8 heterocycles. The standard InChI is InChI=1S/C112H110N4O8/c1-17-63-53-71-37-45-121-109(71)79(29-13)105(63)113(101-67(21-5)57-95-83(41-49-117-95)75(101)25-9)91-61-92(114(102-68(22-6)58-96-84(42-50-118-96)76(102)26-10)106-64(18-2)54-72-38-46-122-110(72)80(106)30-14)88-35-36-90-94(116(104-70(24-8)60-98-86(44-52-120-98)78(104)28-12)108-66(20-4)56-74-40-48-124-112(74)82(108)32-16)62-93(89-34-33-87(91)99(88)100(89)90)115(103-69(23-7)59-97-85(43-51-119-97)77(103)27-11)107-65(19-3)55-73-39-47-123-111(73)81(107)31-15/h33-62H,17-32H2,1-16H3. The van der Waals surface area contributed by atoms with Gasteiger partial charge in [-0.25, -0.2) is 0 Å². The average Bonchev–Trinajstić information content (AvgIpc) is 0.818. The van der Waals surface area contributed by atoms with Crippen molar-refractivity contribution in [2.45, 2.75) is 214 Å². The quantitative estimate of drug-likeness (QED) is 0.0435. The highest BCUT2D eigenvalue weighted by Crippen LogP contribution is 2.62. The highest BCUT2D eigenvalue weighted by molar-refractivity contribution is 6.34. The fourth-order valence-corrected chi connectivity index (χ4v) is 22.1. The number of hydrogen-bond donors (Lipinski definition) is 0. The molecule has 0 radical (unpaired) electrons. The van der Waals surface area contributed by atoms with E-state index in [4.69, 9.17) is 35.3 Å². The number of anilines is 12. The Hall–Kier alpha value is -12.8. The average molecular weight is 1640 g/mol. The summed E-state index contributed by atoms with van der Waals surface area (Å²) in [5.74, 6) is 0. The topological polar surface area (TPSA) is 118 Å². The van der Waals surface area contributed by atoms with Crippen LogP contribution in [0.1, 0.15) is 200 Å². The summed E-state index contributed by atoms with van der Waals surface area (Å²) >= 11 is 0. The van der Waals surface area contributed by atoms with E-state index < -0.39 is 0 Å². The van der Waals surface area contributed by atoms with E-state index in [-0.39, 0.29) is 0 Å². The van der Waals surface area contributed by atoms with Gasteiger partial charge in [-0.3, -0.25) is 0 Å². The van der Waals surface area contributed by atoms with Gasteiger partial charge in [-0.2, -0.15) is 0 Å². The van der Waals surface area contributed by atoms with E-state index in [0.717, 1.165) is 288 Å². The minimum Gasteiger partial charge on any atom is -0.464 e. The van der Waals surface area contributed by atoms with Crippen LogP contribution in [0.15, 0.2) is 219 Å². The van der Waals surface area contributed by atoms with Crippen molar-refractivity contribution in [3.05, 3.63) is 273 Å². The molecule has 0 aliphatic carbocycles. The van der Waals surface area contributed by atoms with Crippen LogP contribution in [0.4, 0.5) is 68.2 Å². The smallest absolute Gasteiger partial charge is 0.139 e. The van der Waals surface area contributed by atoms with Gasteiger partial charge in [0.05, 0.1) is 118 Å². The van der Waals surface area contributed by atoms with Crippen molar-refractivity contribution in [2.24, 2.45) is 0 Å². The van der Waals surface area contributed by atoms with Crippen molar-refractivity contribution in [1.29, 1.82) is 0 Å². The molecule has 0 fully saturated rings. The summed E-state index contributed by atoms with van der Waals surface area (Å²) in [4.78, 5) is 11.0. The molecule has 20 aromatic rings. The Bertz CT molecular complexity index is 6340. The molecule has 626 valence electrons. The molecule has 0 bridgehead atoms. The van der Waals surface area contributed by atoms with Gasteiger partial charge in [0.1, 0.15) is 44.7 Å². The maximum atomic E-state index is 6.92. The SMILES string of the molecule is CCc1cc2occc2c(CC)c1N(c1c(CC)cc2ccoc2c1CC)c1cc(N(c2c(CC)cc3occc3c2CC)c2c(CC)cc3ccoc3c2CC)c2ccc3c(N(c4c(CC)cc5occc5c4CC)c4c(CC)cc5ccoc5c4CC)cc(N(c4c(CC)cc5occc5c4CC)c4c(CC)cc5ccoc5c4CC)c4ccc1c2c43. The van der Waals surface area contributed by atoms with Crippen LogP contribution in [0.2, 0.25) is 0 Å². The highest BCUT2D eigenvalue weighted by atomic mass is 16.3. The molecular weight excluding hydrogens is 1530 g/mol. The molecule has 0 aliphatic rings. The Morgan fingerprint density at radius 1 is 0.177 bits per heavy atom. The van der Waals surface area contributed by atoms with Gasteiger partial charge in [-0.05, 0) is 279 Å². The number of aryl methyl sites for hydroxylation is 16. The van der Waals surface area contributed by atoms with Crippen LogP contribution in [-0.2, 0) is 103 Å². The second-order valence-electron chi connectivity index (χ2n) is 33.5. The zero-order valence-corrected chi connectivity index (χ0v) is 74.7. The minimum absolute atomic E-state index is 0.692. The van der Waals surface area contributed by atoms with Gasteiger partial charge in [-0.1, -0.05) is 135 Å². The molecule has 8 aromatic heterocycles. The molecule has 124 heavy (non-hydrogen) atoms. The third-order valence-corrected chi connectivity index (χ3v) is 27.7. The van der Waals surface area contributed by atoms with Gasteiger partial charge < -0.3 is 54.9 Å². The van der Waals surface area contributed by atoms with E-state index in [1.165, 1.54) is 66.8 Å². The van der Waals surface area contributed by atoms with Crippen molar-refractivity contribution in [3.63, 3.8) is 0 Å². The first-order chi connectivity index (χ1) is 60.8. The van der Waals surface area contributed by atoms with E-state index in [9.17, 15) is 0 Å². The maximum absolute atomic E-state index is 6.92. The zero-order valence-electron chi connectivity index (χ0n) is 74.7. The molecule has 0 N–H and O–H groups in total. The predicted molar refractivity (Wildman–Crippen MR) is 517 cm³/mol. The number of nitrogens with zero attached hydrogens (tertiary/aromatic N) is 4. The van der Waals surface area contributed by atoms with Crippen LogP contribution >= 0.6 is 0 Å². The largest absolute Gasteiger partial charge is 0.464 e. The molecular formula is C112H110N4O8. The Morgan fingerprint density at radius 2 is 0.363 bits per heavy atom. The van der Waals surface area contributed by atoms with Crippen LogP contribution in [0.5, 0.6) is 0 Å². The summed E-state index contributed by atoms with van der Waals surface area (Å²) < 4.78 is 54.1. The summed E-state index contributed by atoms with van der Waals surface area (Å²) in [6.07, 6.45) is 26.6. The summed E-state index contributed by atoms with van der Waals surface area (Å²) in [5.41, 5.74) is 39.3. The van der Waals surface area contributed by atoms with Crippen molar-refractivity contribution in [1.82, 2.24) is 0 Å². The normalized spacial score (nSPS) is 12.2. The summed E-state index contributed by atoms with van der Waals surface area (Å²) in [6, 6.07) is 51.7. The van der Waals surface area contributed by atoms with Gasteiger partial charge in [0.15, 0.2) is 0 Å². The second kappa shape index (κ2) is 31.8. The predicted octanol–water partition coefficient (Wildman–Crippen LogP) is 33.4. The van der Waals surface area contributed by atoms with Crippen LogP contribution in [0, 0.1) is 0 Å². The van der Waals surface area contributed by atoms with Crippen molar-refractivity contribution in [2.75, 3.05) is 19.6 Å². The first-order valence-electron chi connectivity index (χ1n) is 46.0. The van der Waals surface area contributed by atoms with E-state index in [1.807, 2.05) is 50.1 Å². The van der Waals surface area contributed by atoms with E-state index >= 15 is 0 Å². The number of hydrogen-bond acceptors (Lipinski definition) is 12. The van der Waals surface area contributed by atoms with Crippen LogP contribution < -0.4 is 19.6 Å².